The van der Waals surface area contributed by atoms with Crippen LogP contribution in [0.4, 0.5) is 10.1 Å². The normalized spacial score (nSPS) is 20.2. The third-order valence-electron chi connectivity index (χ3n) is 3.25. The van der Waals surface area contributed by atoms with E-state index in [0.29, 0.717) is 18.9 Å². The van der Waals surface area contributed by atoms with Gasteiger partial charge in [-0.2, -0.15) is 4.31 Å². The maximum atomic E-state index is 13.7. The van der Waals surface area contributed by atoms with Gasteiger partial charge >= 0.3 is 0 Å². The molecule has 0 saturated carbocycles. The Kier molecular flexibility index (Phi) is 4.02. The molecule has 0 aliphatic carbocycles. The van der Waals surface area contributed by atoms with Gasteiger partial charge in [0.15, 0.2) is 0 Å². The second-order valence-electron chi connectivity index (χ2n) is 4.47. The summed E-state index contributed by atoms with van der Waals surface area (Å²) < 4.78 is 39.4. The number of aliphatic hydroxyl groups is 1. The molecule has 2 rings (SSSR count). The smallest absolute Gasteiger partial charge is 0.270 e. The first-order valence-electron chi connectivity index (χ1n) is 5.94. The minimum absolute atomic E-state index is 0.162. The van der Waals surface area contributed by atoms with Gasteiger partial charge in [0, 0.05) is 24.7 Å². The van der Waals surface area contributed by atoms with E-state index in [2.05, 4.69) is 0 Å². The van der Waals surface area contributed by atoms with Crippen molar-refractivity contribution in [3.63, 3.8) is 0 Å². The Balaban J connectivity index is 2.48. The molecule has 0 spiro atoms. The van der Waals surface area contributed by atoms with Crippen LogP contribution in [0, 0.1) is 15.9 Å². The van der Waals surface area contributed by atoms with E-state index >= 15 is 0 Å². The molecule has 1 saturated heterocycles. The molecular formula is C11H13FN2O5S. The highest BCUT2D eigenvalue weighted by Gasteiger charge is 2.37. The van der Waals surface area contributed by atoms with Gasteiger partial charge in [0.2, 0.25) is 10.0 Å². The minimum atomic E-state index is -4.19. The lowest BCUT2D eigenvalue weighted by molar-refractivity contribution is -0.385. The van der Waals surface area contributed by atoms with Crippen LogP contribution in [0.3, 0.4) is 0 Å². The summed E-state index contributed by atoms with van der Waals surface area (Å²) in [6, 6.07) is 1.76. The number of non-ortho nitro benzene ring substituents is 1. The van der Waals surface area contributed by atoms with Crippen molar-refractivity contribution in [3.05, 3.63) is 34.1 Å². The molecule has 1 heterocycles. The predicted octanol–water partition coefficient (Wildman–Crippen LogP) is 0.879. The fourth-order valence-corrected chi connectivity index (χ4v) is 4.01. The summed E-state index contributed by atoms with van der Waals surface area (Å²) in [4.78, 5) is 9.15. The minimum Gasteiger partial charge on any atom is -0.395 e. The lowest BCUT2D eigenvalue weighted by Gasteiger charge is -2.22. The van der Waals surface area contributed by atoms with E-state index in [1.54, 1.807) is 0 Å². The van der Waals surface area contributed by atoms with Crippen molar-refractivity contribution in [1.82, 2.24) is 4.31 Å². The van der Waals surface area contributed by atoms with Crippen LogP contribution < -0.4 is 0 Å². The zero-order valence-electron chi connectivity index (χ0n) is 10.4. The first-order valence-corrected chi connectivity index (χ1v) is 7.38. The van der Waals surface area contributed by atoms with Crippen molar-refractivity contribution in [2.75, 3.05) is 13.2 Å². The number of nitro benzene ring substituents is 1. The number of nitrogens with zero attached hydrogens (tertiary/aromatic N) is 2. The fourth-order valence-electron chi connectivity index (χ4n) is 2.24. The van der Waals surface area contributed by atoms with Crippen LogP contribution in [0.1, 0.15) is 12.8 Å². The summed E-state index contributed by atoms with van der Waals surface area (Å²) in [5, 5.41) is 19.8. The number of sulfonamides is 1. The molecule has 1 aliphatic heterocycles. The highest BCUT2D eigenvalue weighted by molar-refractivity contribution is 7.89. The highest BCUT2D eigenvalue weighted by atomic mass is 32.2. The lowest BCUT2D eigenvalue weighted by Crippen LogP contribution is -2.38. The number of benzene rings is 1. The molecule has 1 N–H and O–H groups in total. The average Bonchev–Trinajstić information content (AvgIpc) is 2.87. The van der Waals surface area contributed by atoms with Crippen molar-refractivity contribution in [3.8, 4) is 0 Å². The van der Waals surface area contributed by atoms with E-state index in [0.717, 1.165) is 16.4 Å². The van der Waals surface area contributed by atoms with Gasteiger partial charge in [-0.15, -0.1) is 0 Å². The van der Waals surface area contributed by atoms with Crippen LogP contribution in [0.5, 0.6) is 0 Å². The van der Waals surface area contributed by atoms with Gasteiger partial charge in [0.1, 0.15) is 10.7 Å². The highest BCUT2D eigenvalue weighted by Crippen LogP contribution is 2.29. The predicted molar refractivity (Wildman–Crippen MR) is 67.1 cm³/mol. The lowest BCUT2D eigenvalue weighted by atomic mass is 10.2. The Hall–Kier alpha value is -1.58. The Bertz CT molecular complexity index is 634. The zero-order valence-corrected chi connectivity index (χ0v) is 11.2. The number of nitro groups is 1. The van der Waals surface area contributed by atoms with Gasteiger partial charge in [0.25, 0.3) is 5.69 Å². The van der Waals surface area contributed by atoms with Crippen LogP contribution >= 0.6 is 0 Å². The van der Waals surface area contributed by atoms with E-state index in [4.69, 9.17) is 5.11 Å². The number of rotatable bonds is 4. The second-order valence-corrected chi connectivity index (χ2v) is 6.33. The summed E-state index contributed by atoms with van der Waals surface area (Å²) in [7, 11) is -4.19. The SMILES string of the molecule is O=[N+]([O-])c1ccc(F)c(S(=O)(=O)N2CCCC2CO)c1. The van der Waals surface area contributed by atoms with Gasteiger partial charge in [0.05, 0.1) is 11.5 Å². The zero-order chi connectivity index (χ0) is 14.9. The third kappa shape index (κ3) is 2.51. The molecule has 1 aromatic rings. The maximum Gasteiger partial charge on any atom is 0.270 e. The molecule has 20 heavy (non-hydrogen) atoms. The standard InChI is InChI=1S/C11H13FN2O5S/c12-10-4-3-8(14(16)17)6-11(10)20(18,19)13-5-1-2-9(13)7-15/h3-4,6,9,15H,1-2,5,7H2. The van der Waals surface area contributed by atoms with Gasteiger partial charge in [-0.1, -0.05) is 0 Å². The second kappa shape index (κ2) is 5.43. The first kappa shape index (κ1) is 14.8. The molecule has 1 aliphatic rings. The molecule has 0 bridgehead atoms. The molecule has 9 heteroatoms. The quantitative estimate of drug-likeness (QED) is 0.657. The Labute approximate surface area is 114 Å². The number of halogens is 1. The molecule has 1 aromatic carbocycles. The largest absolute Gasteiger partial charge is 0.395 e. The number of aliphatic hydroxyl groups excluding tert-OH is 1. The van der Waals surface area contributed by atoms with E-state index in [1.165, 1.54) is 0 Å². The molecular weight excluding hydrogens is 291 g/mol. The summed E-state index contributed by atoms with van der Waals surface area (Å²) in [6.45, 7) is -0.203. The van der Waals surface area contributed by atoms with E-state index in [9.17, 15) is 22.9 Å². The topological polar surface area (TPSA) is 101 Å². The van der Waals surface area contributed by atoms with Crippen molar-refractivity contribution >= 4 is 15.7 Å². The Morgan fingerprint density at radius 3 is 2.80 bits per heavy atom. The number of hydrogen-bond donors (Lipinski definition) is 1. The monoisotopic (exact) mass is 304 g/mol. The van der Waals surface area contributed by atoms with Crippen LogP contribution in [0.15, 0.2) is 23.1 Å². The molecule has 1 atom stereocenters. The van der Waals surface area contributed by atoms with Gasteiger partial charge < -0.3 is 5.11 Å². The summed E-state index contributed by atoms with van der Waals surface area (Å²) in [5.41, 5.74) is -0.496. The Morgan fingerprint density at radius 1 is 1.50 bits per heavy atom. The maximum absolute atomic E-state index is 13.7. The summed E-state index contributed by atoms with van der Waals surface area (Å²) in [5.74, 6) is -1.04. The molecule has 7 nitrogen and oxygen atoms in total. The van der Waals surface area contributed by atoms with Gasteiger partial charge in [-0.25, -0.2) is 12.8 Å². The van der Waals surface area contributed by atoms with Crippen molar-refractivity contribution in [2.45, 2.75) is 23.8 Å². The Morgan fingerprint density at radius 2 is 2.20 bits per heavy atom. The average molecular weight is 304 g/mol. The molecule has 0 aromatic heterocycles. The first-order chi connectivity index (χ1) is 9.37. The van der Waals surface area contributed by atoms with Crippen LogP contribution in [-0.4, -0.2) is 41.9 Å². The molecule has 0 radical (unpaired) electrons. The van der Waals surface area contributed by atoms with E-state index < -0.39 is 37.4 Å². The van der Waals surface area contributed by atoms with Crippen molar-refractivity contribution < 1.29 is 22.8 Å². The van der Waals surface area contributed by atoms with Crippen LogP contribution in [-0.2, 0) is 10.0 Å². The summed E-state index contributed by atoms with van der Waals surface area (Å²) >= 11 is 0. The van der Waals surface area contributed by atoms with Gasteiger partial charge in [-0.05, 0) is 18.9 Å². The van der Waals surface area contributed by atoms with Crippen LogP contribution in [0.2, 0.25) is 0 Å². The molecule has 1 fully saturated rings. The summed E-state index contributed by atoms with van der Waals surface area (Å²) in [6.07, 6.45) is 1.03. The van der Waals surface area contributed by atoms with Crippen molar-refractivity contribution in [2.24, 2.45) is 0 Å². The third-order valence-corrected chi connectivity index (χ3v) is 5.21. The molecule has 110 valence electrons. The van der Waals surface area contributed by atoms with Gasteiger partial charge in [-0.3, -0.25) is 10.1 Å². The van der Waals surface area contributed by atoms with E-state index in [1.807, 2.05) is 0 Å². The number of hydrogen-bond acceptors (Lipinski definition) is 5. The molecule has 1 unspecified atom stereocenters. The van der Waals surface area contributed by atoms with Crippen molar-refractivity contribution in [1.29, 1.82) is 0 Å². The van der Waals surface area contributed by atoms with Crippen LogP contribution in [0.25, 0.3) is 0 Å². The van der Waals surface area contributed by atoms with E-state index in [-0.39, 0.29) is 13.2 Å². The molecule has 0 amide bonds. The fraction of sp³-hybridized carbons (Fsp3) is 0.455.